The molecule has 2 heterocycles. The molecule has 6 nitrogen and oxygen atoms in total. The number of esters is 2. The lowest BCUT2D eigenvalue weighted by molar-refractivity contribution is -0.146. The van der Waals surface area contributed by atoms with Crippen LogP contribution in [0, 0.1) is 23.7 Å². The topological polar surface area (TPSA) is 59.1 Å². The van der Waals surface area contributed by atoms with Gasteiger partial charge in [0.2, 0.25) is 0 Å². The van der Waals surface area contributed by atoms with Crippen molar-refractivity contribution in [2.24, 2.45) is 23.7 Å². The fourth-order valence-electron chi connectivity index (χ4n) is 10.5. The zero-order chi connectivity index (χ0) is 46.7. The number of hydrogen-bond acceptors (Lipinski definition) is 8. The van der Waals surface area contributed by atoms with Crippen LogP contribution in [-0.4, -0.2) is 85.7 Å². The second-order valence-electron chi connectivity index (χ2n) is 20.9. The van der Waals surface area contributed by atoms with Crippen molar-refractivity contribution in [1.29, 1.82) is 0 Å². The number of nitrogens with zero attached hydrogens (tertiary/aromatic N) is 2. The lowest BCUT2D eigenvalue weighted by Gasteiger charge is -2.32. The zero-order valence-electron chi connectivity index (χ0n) is 43.9. The Hall–Kier alpha value is -0.440. The van der Waals surface area contributed by atoms with Gasteiger partial charge in [-0.25, -0.2) is 0 Å². The van der Waals surface area contributed by atoms with Gasteiger partial charge in [0.15, 0.2) is 0 Å². The standard InChI is InChI=1S/C57H110N2O4S2/c1-5-9-13-17-19-23-30-52(29-21-15-11-7-3)33-25-34-53-37-44-58(45-38-53)42-27-49-64-65-50-28-43-59-46-39-54(40-47-59)41-48-62-56(60)35-26-36-57(61)63-51-55(31-22-16-12-8-4)32-24-20-18-14-10-6-2/h52-55H,5-51H2,1-4H3. The highest BCUT2D eigenvalue weighted by atomic mass is 33.1. The molecule has 0 spiro atoms. The Morgan fingerprint density at radius 2 is 0.831 bits per heavy atom. The van der Waals surface area contributed by atoms with Crippen molar-refractivity contribution in [2.45, 2.75) is 265 Å². The summed E-state index contributed by atoms with van der Waals surface area (Å²) in [5.74, 6) is 5.31. The van der Waals surface area contributed by atoms with E-state index in [1.807, 2.05) is 0 Å². The predicted octanol–water partition coefficient (Wildman–Crippen LogP) is 17.1. The maximum Gasteiger partial charge on any atom is 0.305 e. The molecule has 2 saturated heterocycles. The Balaban J connectivity index is 1.41. The van der Waals surface area contributed by atoms with Crippen molar-refractivity contribution < 1.29 is 19.1 Å². The number of hydrogen-bond donors (Lipinski definition) is 0. The molecule has 65 heavy (non-hydrogen) atoms. The van der Waals surface area contributed by atoms with E-state index < -0.39 is 0 Å². The lowest BCUT2D eigenvalue weighted by atomic mass is 9.86. The van der Waals surface area contributed by atoms with E-state index in [9.17, 15) is 9.59 Å². The molecule has 2 atom stereocenters. The maximum absolute atomic E-state index is 12.5. The number of likely N-dealkylation sites (tertiary alicyclic amines) is 2. The highest BCUT2D eigenvalue weighted by molar-refractivity contribution is 8.76. The Labute approximate surface area is 413 Å². The minimum atomic E-state index is -0.168. The Morgan fingerprint density at radius 3 is 1.31 bits per heavy atom. The number of ether oxygens (including phenoxy) is 2. The highest BCUT2D eigenvalue weighted by Gasteiger charge is 2.21. The molecule has 2 unspecified atom stereocenters. The minimum absolute atomic E-state index is 0.158. The van der Waals surface area contributed by atoms with Gasteiger partial charge < -0.3 is 19.3 Å². The van der Waals surface area contributed by atoms with E-state index in [0.29, 0.717) is 44.3 Å². The van der Waals surface area contributed by atoms with Crippen LogP contribution < -0.4 is 0 Å². The van der Waals surface area contributed by atoms with E-state index in [2.05, 4.69) is 59.1 Å². The Bertz CT molecular complexity index is 1050. The third-order valence-corrected chi connectivity index (χ3v) is 17.6. The molecule has 0 N–H and O–H groups in total. The molecule has 8 heteroatoms. The molecule has 384 valence electrons. The van der Waals surface area contributed by atoms with E-state index in [1.54, 1.807) is 0 Å². The molecule has 2 rings (SSSR count). The van der Waals surface area contributed by atoms with Crippen LogP contribution in [0.4, 0.5) is 0 Å². The van der Waals surface area contributed by atoms with Crippen molar-refractivity contribution in [2.75, 3.05) is 64.0 Å². The van der Waals surface area contributed by atoms with E-state index >= 15 is 0 Å². The molecule has 2 aliphatic heterocycles. The summed E-state index contributed by atoms with van der Waals surface area (Å²) in [6.07, 6.45) is 47.0. The largest absolute Gasteiger partial charge is 0.466 e. The Morgan fingerprint density at radius 1 is 0.446 bits per heavy atom. The molecule has 0 saturated carbocycles. The number of rotatable bonds is 46. The fourth-order valence-corrected chi connectivity index (χ4v) is 12.6. The smallest absolute Gasteiger partial charge is 0.305 e. The first-order valence-corrected chi connectivity index (χ1v) is 31.5. The van der Waals surface area contributed by atoms with Gasteiger partial charge in [-0.3, -0.25) is 9.59 Å². The van der Waals surface area contributed by atoms with Crippen molar-refractivity contribution in [3.05, 3.63) is 0 Å². The summed E-state index contributed by atoms with van der Waals surface area (Å²) in [4.78, 5) is 30.3. The molecule has 0 bridgehead atoms. The lowest BCUT2D eigenvalue weighted by Crippen LogP contribution is -2.35. The monoisotopic (exact) mass is 951 g/mol. The van der Waals surface area contributed by atoms with Gasteiger partial charge in [0.05, 0.1) is 13.2 Å². The van der Waals surface area contributed by atoms with Crippen molar-refractivity contribution >= 4 is 33.5 Å². The van der Waals surface area contributed by atoms with Gasteiger partial charge in [-0.1, -0.05) is 210 Å². The summed E-state index contributed by atoms with van der Waals surface area (Å²) in [6, 6.07) is 0. The predicted molar refractivity (Wildman–Crippen MR) is 287 cm³/mol. The molecule has 0 radical (unpaired) electrons. The molecule has 0 aliphatic carbocycles. The average Bonchev–Trinajstić information content (AvgIpc) is 3.31. The first-order valence-electron chi connectivity index (χ1n) is 29.0. The molecular weight excluding hydrogens is 841 g/mol. The third kappa shape index (κ3) is 36.2. The van der Waals surface area contributed by atoms with Crippen molar-refractivity contribution in [3.8, 4) is 0 Å². The minimum Gasteiger partial charge on any atom is -0.466 e. The van der Waals surface area contributed by atoms with Gasteiger partial charge in [0.25, 0.3) is 0 Å². The SMILES string of the molecule is CCCCCCCCC(CCCCCC)CCCC1CCN(CCCSSCCCN2CCC(CCOC(=O)CCCC(=O)OCC(CCCCCC)CCCCCCCC)CC2)CC1. The fraction of sp³-hybridized carbons (Fsp3) is 0.965. The quantitative estimate of drug-likeness (QED) is 0.0340. The molecule has 0 aromatic carbocycles. The molecule has 2 fully saturated rings. The van der Waals surface area contributed by atoms with Crippen LogP contribution in [0.2, 0.25) is 0 Å². The maximum atomic E-state index is 12.5. The molecule has 2 aliphatic rings. The van der Waals surface area contributed by atoms with Crippen LogP contribution in [0.5, 0.6) is 0 Å². The Kier molecular flexibility index (Phi) is 41.8. The first kappa shape index (κ1) is 60.7. The van der Waals surface area contributed by atoms with Gasteiger partial charge in [-0.2, -0.15) is 0 Å². The summed E-state index contributed by atoms with van der Waals surface area (Å²) < 4.78 is 11.3. The van der Waals surface area contributed by atoms with Crippen LogP contribution in [0.15, 0.2) is 0 Å². The van der Waals surface area contributed by atoms with Gasteiger partial charge in [0, 0.05) is 24.3 Å². The normalized spacial score (nSPS) is 16.6. The summed E-state index contributed by atoms with van der Waals surface area (Å²) in [7, 11) is 4.18. The number of carbonyl (C=O) groups is 2. The number of unbranched alkanes of at least 4 members (excludes halogenated alkanes) is 16. The van der Waals surface area contributed by atoms with E-state index in [4.69, 9.17) is 9.47 Å². The van der Waals surface area contributed by atoms with Gasteiger partial charge in [-0.15, -0.1) is 0 Å². The van der Waals surface area contributed by atoms with Gasteiger partial charge in [0.1, 0.15) is 0 Å². The van der Waals surface area contributed by atoms with E-state index in [0.717, 1.165) is 31.1 Å². The second kappa shape index (κ2) is 44.7. The van der Waals surface area contributed by atoms with Crippen molar-refractivity contribution in [1.82, 2.24) is 9.80 Å². The number of carbonyl (C=O) groups excluding carboxylic acids is 2. The molecule has 0 aromatic rings. The van der Waals surface area contributed by atoms with Crippen molar-refractivity contribution in [3.63, 3.8) is 0 Å². The second-order valence-corrected chi connectivity index (χ2v) is 23.6. The highest BCUT2D eigenvalue weighted by Crippen LogP contribution is 2.29. The number of piperidine rings is 2. The van der Waals surface area contributed by atoms with Crippen LogP contribution in [0.1, 0.15) is 265 Å². The van der Waals surface area contributed by atoms with E-state index in [1.165, 1.54) is 250 Å². The van der Waals surface area contributed by atoms with Crippen LogP contribution in [0.3, 0.4) is 0 Å². The average molecular weight is 952 g/mol. The third-order valence-electron chi connectivity index (χ3n) is 15.0. The summed E-state index contributed by atoms with van der Waals surface area (Å²) in [5.41, 5.74) is 0. The molecule has 0 aromatic heterocycles. The first-order chi connectivity index (χ1) is 32.0. The van der Waals surface area contributed by atoms with Crippen LogP contribution in [0.25, 0.3) is 0 Å². The van der Waals surface area contributed by atoms with Gasteiger partial charge in [-0.05, 0) is 127 Å². The van der Waals surface area contributed by atoms with Crippen LogP contribution >= 0.6 is 21.6 Å². The summed E-state index contributed by atoms with van der Waals surface area (Å²) in [5, 5.41) is 0. The van der Waals surface area contributed by atoms with E-state index in [-0.39, 0.29) is 11.9 Å². The van der Waals surface area contributed by atoms with Crippen LogP contribution in [-0.2, 0) is 19.1 Å². The molecular formula is C57H110N2O4S2. The van der Waals surface area contributed by atoms with Gasteiger partial charge >= 0.3 is 11.9 Å². The summed E-state index contributed by atoms with van der Waals surface area (Å²) >= 11 is 0. The molecule has 0 amide bonds. The zero-order valence-corrected chi connectivity index (χ0v) is 45.5. The summed E-state index contributed by atoms with van der Waals surface area (Å²) in [6.45, 7) is 17.8.